The second-order valence-electron chi connectivity index (χ2n) is 3.00. The fraction of sp³-hybridized carbons (Fsp3) is 0.300. The van der Waals surface area contributed by atoms with Crippen molar-refractivity contribution >= 4 is 5.69 Å². The van der Waals surface area contributed by atoms with Crippen LogP contribution in [0.15, 0.2) is 24.3 Å². The second kappa shape index (κ2) is 2.57. The fourth-order valence-electron chi connectivity index (χ4n) is 1.61. The normalized spacial score (nSPS) is 16.3. The Labute approximate surface area is 67.6 Å². The number of anilines is 1. The van der Waals surface area contributed by atoms with E-state index in [1.54, 1.807) is 0 Å². The van der Waals surface area contributed by atoms with Gasteiger partial charge >= 0.3 is 0 Å². The predicted octanol–water partition coefficient (Wildman–Crippen LogP) is 2.23. The van der Waals surface area contributed by atoms with Crippen LogP contribution in [0.4, 0.5) is 5.69 Å². The molecule has 0 atom stereocenters. The highest BCUT2D eigenvalue weighted by Crippen LogP contribution is 2.25. The Balaban J connectivity index is 2.44. The Morgan fingerprint density at radius 1 is 1.27 bits per heavy atom. The minimum atomic E-state index is 1.09. The lowest BCUT2D eigenvalue weighted by Gasteiger charge is -2.34. The van der Waals surface area contributed by atoms with E-state index in [2.05, 4.69) is 36.2 Å². The molecule has 0 N–H and O–H groups in total. The summed E-state index contributed by atoms with van der Waals surface area (Å²) in [5.74, 6) is 0. The maximum Gasteiger partial charge on any atom is 0.0101 e. The summed E-state index contributed by atoms with van der Waals surface area (Å²) in [5.41, 5.74) is 2.74. The summed E-state index contributed by atoms with van der Waals surface area (Å²) in [6.45, 7) is 1.09. The van der Waals surface area contributed by atoms with E-state index in [0.717, 1.165) is 6.54 Å². The van der Waals surface area contributed by atoms with E-state index in [4.69, 9.17) is 0 Å². The van der Waals surface area contributed by atoms with E-state index in [-0.39, 0.29) is 0 Å². The van der Waals surface area contributed by atoms with Crippen LogP contribution >= 0.6 is 0 Å². The average Bonchev–Trinajstić information content (AvgIpc) is 2.06. The van der Waals surface area contributed by atoms with Gasteiger partial charge in [0, 0.05) is 5.69 Å². The van der Waals surface area contributed by atoms with Gasteiger partial charge in [-0.2, -0.15) is 0 Å². The number of rotatable bonds is 0. The standard InChI is InChI=1S/C10H12N/c1-11-8-4-6-9-5-2-3-7-10(9)11/h2-3,5,7H,1,4,6,8H2/q-1. The Kier molecular flexibility index (Phi) is 1.57. The minimum Gasteiger partial charge on any atom is -0.525 e. The fourth-order valence-corrected chi connectivity index (χ4v) is 1.61. The molecule has 1 heterocycles. The number of hydrogen-bond acceptors (Lipinski definition) is 1. The summed E-state index contributed by atoms with van der Waals surface area (Å²) in [5, 5.41) is 0. The number of benzene rings is 1. The van der Waals surface area contributed by atoms with Crippen LogP contribution in [-0.2, 0) is 6.42 Å². The smallest absolute Gasteiger partial charge is 0.0101 e. The third-order valence-electron chi connectivity index (χ3n) is 2.21. The molecular weight excluding hydrogens is 134 g/mol. The van der Waals surface area contributed by atoms with Crippen molar-refractivity contribution in [1.29, 1.82) is 0 Å². The molecule has 0 unspecified atom stereocenters. The maximum atomic E-state index is 3.97. The summed E-state index contributed by atoms with van der Waals surface area (Å²) in [7, 11) is 3.97. The molecule has 58 valence electrons. The molecule has 2 rings (SSSR count). The summed E-state index contributed by atoms with van der Waals surface area (Å²) >= 11 is 0. The molecule has 1 nitrogen and oxygen atoms in total. The molecule has 0 bridgehead atoms. The highest BCUT2D eigenvalue weighted by atomic mass is 15.1. The molecule has 0 amide bonds. The minimum absolute atomic E-state index is 1.09. The number of hydrogen-bond donors (Lipinski definition) is 0. The van der Waals surface area contributed by atoms with Crippen LogP contribution in [0.3, 0.4) is 0 Å². The van der Waals surface area contributed by atoms with Crippen molar-refractivity contribution in [2.75, 3.05) is 11.4 Å². The Bertz CT molecular complexity index is 255. The molecule has 0 spiro atoms. The van der Waals surface area contributed by atoms with Crippen molar-refractivity contribution in [2.45, 2.75) is 12.8 Å². The van der Waals surface area contributed by atoms with Crippen LogP contribution in [-0.4, -0.2) is 6.54 Å². The average molecular weight is 146 g/mol. The predicted molar refractivity (Wildman–Crippen MR) is 47.5 cm³/mol. The molecule has 0 aromatic heterocycles. The SMILES string of the molecule is [CH2-]N1CCCc2ccccc21. The first-order valence-corrected chi connectivity index (χ1v) is 4.04. The molecule has 0 aliphatic carbocycles. The molecule has 1 aromatic carbocycles. The van der Waals surface area contributed by atoms with Crippen molar-refractivity contribution < 1.29 is 0 Å². The molecule has 11 heavy (non-hydrogen) atoms. The van der Waals surface area contributed by atoms with Gasteiger partial charge in [-0.15, -0.1) is 0 Å². The van der Waals surface area contributed by atoms with Gasteiger partial charge in [-0.3, -0.25) is 7.05 Å². The number of nitrogens with zero attached hydrogens (tertiary/aromatic N) is 1. The summed E-state index contributed by atoms with van der Waals surface area (Å²) in [6, 6.07) is 8.49. The van der Waals surface area contributed by atoms with Gasteiger partial charge in [-0.1, -0.05) is 18.2 Å². The third-order valence-corrected chi connectivity index (χ3v) is 2.21. The topological polar surface area (TPSA) is 3.24 Å². The highest BCUT2D eigenvalue weighted by Gasteiger charge is 2.07. The quantitative estimate of drug-likeness (QED) is 0.507. The lowest BCUT2D eigenvalue weighted by molar-refractivity contribution is 0.761. The summed E-state index contributed by atoms with van der Waals surface area (Å²) in [6.07, 6.45) is 2.45. The summed E-state index contributed by atoms with van der Waals surface area (Å²) in [4.78, 5) is 2.08. The van der Waals surface area contributed by atoms with Crippen molar-refractivity contribution in [3.05, 3.63) is 36.9 Å². The number of fused-ring (bicyclic) bond motifs is 1. The van der Waals surface area contributed by atoms with Gasteiger partial charge in [0.25, 0.3) is 0 Å². The van der Waals surface area contributed by atoms with E-state index in [0.29, 0.717) is 0 Å². The molecule has 1 aromatic rings. The maximum absolute atomic E-state index is 3.97. The highest BCUT2D eigenvalue weighted by molar-refractivity contribution is 5.55. The first-order chi connectivity index (χ1) is 5.38. The molecule has 1 aliphatic heterocycles. The molecule has 1 aliphatic rings. The van der Waals surface area contributed by atoms with Crippen molar-refractivity contribution in [3.8, 4) is 0 Å². The largest absolute Gasteiger partial charge is 0.525 e. The second-order valence-corrected chi connectivity index (χ2v) is 3.00. The summed E-state index contributed by atoms with van der Waals surface area (Å²) < 4.78 is 0. The van der Waals surface area contributed by atoms with Crippen LogP contribution in [0.25, 0.3) is 0 Å². The molecule has 0 radical (unpaired) electrons. The van der Waals surface area contributed by atoms with Crippen LogP contribution in [0.5, 0.6) is 0 Å². The molecule has 0 saturated carbocycles. The molecule has 1 heteroatoms. The van der Waals surface area contributed by atoms with Crippen LogP contribution in [0.2, 0.25) is 0 Å². The van der Waals surface area contributed by atoms with E-state index < -0.39 is 0 Å². The first-order valence-electron chi connectivity index (χ1n) is 4.04. The lowest BCUT2D eigenvalue weighted by atomic mass is 10.0. The zero-order valence-electron chi connectivity index (χ0n) is 6.59. The van der Waals surface area contributed by atoms with Gasteiger partial charge in [0.05, 0.1) is 0 Å². The van der Waals surface area contributed by atoms with Gasteiger partial charge in [0.2, 0.25) is 0 Å². The molecule has 0 saturated heterocycles. The number of aryl methyl sites for hydroxylation is 1. The van der Waals surface area contributed by atoms with Crippen LogP contribution in [0, 0.1) is 7.05 Å². The monoisotopic (exact) mass is 146 g/mol. The van der Waals surface area contributed by atoms with Crippen LogP contribution in [0.1, 0.15) is 12.0 Å². The van der Waals surface area contributed by atoms with Gasteiger partial charge < -0.3 is 4.90 Å². The van der Waals surface area contributed by atoms with E-state index in [1.165, 1.54) is 24.1 Å². The van der Waals surface area contributed by atoms with Gasteiger partial charge in [0.1, 0.15) is 0 Å². The zero-order chi connectivity index (χ0) is 7.68. The van der Waals surface area contributed by atoms with Crippen LogP contribution < -0.4 is 4.90 Å². The van der Waals surface area contributed by atoms with Gasteiger partial charge in [-0.05, 0) is 31.0 Å². The Morgan fingerprint density at radius 2 is 2.09 bits per heavy atom. The van der Waals surface area contributed by atoms with Crippen molar-refractivity contribution in [3.63, 3.8) is 0 Å². The van der Waals surface area contributed by atoms with E-state index in [9.17, 15) is 0 Å². The van der Waals surface area contributed by atoms with E-state index in [1.807, 2.05) is 0 Å². The zero-order valence-corrected chi connectivity index (χ0v) is 6.59. The van der Waals surface area contributed by atoms with Crippen molar-refractivity contribution in [1.82, 2.24) is 0 Å². The van der Waals surface area contributed by atoms with E-state index >= 15 is 0 Å². The van der Waals surface area contributed by atoms with Crippen molar-refractivity contribution in [2.24, 2.45) is 0 Å². The van der Waals surface area contributed by atoms with Gasteiger partial charge in [0.15, 0.2) is 0 Å². The molecular formula is C10H12N-. The lowest BCUT2D eigenvalue weighted by Crippen LogP contribution is -2.22. The van der Waals surface area contributed by atoms with Gasteiger partial charge in [-0.25, -0.2) is 0 Å². The first kappa shape index (κ1) is 6.71. The third kappa shape index (κ3) is 1.11. The Morgan fingerprint density at radius 3 is 2.91 bits per heavy atom. The number of para-hydroxylation sites is 1. The Hall–Kier alpha value is -0.980. The molecule has 0 fully saturated rings.